The Morgan fingerprint density at radius 3 is 1.95 bits per heavy atom. The van der Waals surface area contributed by atoms with E-state index >= 15 is 0 Å². The van der Waals surface area contributed by atoms with Crippen molar-refractivity contribution in [1.82, 2.24) is 0 Å². The Morgan fingerprint density at radius 1 is 0.800 bits per heavy atom. The summed E-state index contributed by atoms with van der Waals surface area (Å²) < 4.78 is 0. The van der Waals surface area contributed by atoms with Crippen LogP contribution in [0.5, 0.6) is 0 Å². The minimum atomic E-state index is 0.810. The van der Waals surface area contributed by atoms with Gasteiger partial charge in [0.15, 0.2) is 0 Å². The van der Waals surface area contributed by atoms with Crippen LogP contribution in [-0.4, -0.2) is 0 Å². The molecule has 2 nitrogen and oxygen atoms in total. The van der Waals surface area contributed by atoms with Gasteiger partial charge in [0, 0.05) is 6.54 Å². The van der Waals surface area contributed by atoms with Gasteiger partial charge >= 0.3 is 0 Å². The van der Waals surface area contributed by atoms with E-state index in [1.165, 1.54) is 33.4 Å². The second kappa shape index (κ2) is 5.58. The van der Waals surface area contributed by atoms with Crippen LogP contribution in [0.25, 0.3) is 0 Å². The predicted octanol–water partition coefficient (Wildman–Crippen LogP) is 4.42. The highest BCUT2D eigenvalue weighted by Crippen LogP contribution is 2.25. The number of aryl methyl sites for hydroxylation is 5. The van der Waals surface area contributed by atoms with Crippen molar-refractivity contribution in [3.63, 3.8) is 0 Å². The van der Waals surface area contributed by atoms with Crippen LogP contribution in [0.2, 0.25) is 0 Å². The SMILES string of the molecule is Cc1cc(C)c(CNc2cc(C)c(C)cc2N)c(C)c1. The van der Waals surface area contributed by atoms with Crippen LogP contribution in [0, 0.1) is 34.6 Å². The Kier molecular flexibility index (Phi) is 4.03. The second-order valence-electron chi connectivity index (χ2n) is 5.75. The molecule has 0 saturated heterocycles. The molecule has 2 aromatic rings. The minimum absolute atomic E-state index is 0.810. The number of nitrogens with one attached hydrogen (secondary N) is 1. The molecular weight excluding hydrogens is 244 g/mol. The Balaban J connectivity index is 2.23. The van der Waals surface area contributed by atoms with E-state index in [1.807, 2.05) is 6.07 Å². The van der Waals surface area contributed by atoms with Gasteiger partial charge in [0.1, 0.15) is 0 Å². The average Bonchev–Trinajstić information content (AvgIpc) is 2.33. The smallest absolute Gasteiger partial charge is 0.0579 e. The highest BCUT2D eigenvalue weighted by Gasteiger charge is 2.06. The lowest BCUT2D eigenvalue weighted by Gasteiger charge is -2.15. The summed E-state index contributed by atoms with van der Waals surface area (Å²) in [5.74, 6) is 0. The summed E-state index contributed by atoms with van der Waals surface area (Å²) in [4.78, 5) is 0. The molecule has 0 saturated carbocycles. The van der Waals surface area contributed by atoms with Crippen LogP contribution in [-0.2, 0) is 6.54 Å². The van der Waals surface area contributed by atoms with Crippen molar-refractivity contribution in [1.29, 1.82) is 0 Å². The highest BCUT2D eigenvalue weighted by molar-refractivity contribution is 5.68. The topological polar surface area (TPSA) is 38.0 Å². The van der Waals surface area contributed by atoms with Gasteiger partial charge in [-0.05, 0) is 74.6 Å². The third kappa shape index (κ3) is 2.96. The first-order valence-electron chi connectivity index (χ1n) is 7.06. The highest BCUT2D eigenvalue weighted by atomic mass is 14.9. The molecule has 0 amide bonds. The molecule has 0 bridgehead atoms. The molecule has 3 N–H and O–H groups in total. The fourth-order valence-corrected chi connectivity index (χ4v) is 2.66. The molecule has 0 aliphatic rings. The minimum Gasteiger partial charge on any atom is -0.397 e. The molecule has 2 aromatic carbocycles. The molecule has 0 atom stereocenters. The van der Waals surface area contributed by atoms with E-state index in [1.54, 1.807) is 0 Å². The molecule has 0 aliphatic heterocycles. The van der Waals surface area contributed by atoms with Crippen LogP contribution in [0.15, 0.2) is 24.3 Å². The molecule has 0 aromatic heterocycles. The van der Waals surface area contributed by atoms with Crippen molar-refractivity contribution in [3.8, 4) is 0 Å². The molecule has 2 heteroatoms. The summed E-state index contributed by atoms with van der Waals surface area (Å²) in [6.07, 6.45) is 0. The molecule has 0 fully saturated rings. The van der Waals surface area contributed by atoms with E-state index in [0.29, 0.717) is 0 Å². The molecule has 0 aliphatic carbocycles. The zero-order valence-electron chi connectivity index (χ0n) is 13.1. The zero-order valence-corrected chi connectivity index (χ0v) is 13.1. The number of hydrogen-bond acceptors (Lipinski definition) is 2. The Hall–Kier alpha value is -1.96. The summed E-state index contributed by atoms with van der Waals surface area (Å²) in [6.45, 7) is 11.5. The molecule has 0 heterocycles. The molecular formula is C18H24N2. The number of hydrogen-bond donors (Lipinski definition) is 2. The standard InChI is InChI=1S/C18H24N2/c1-11-6-14(4)16(15(5)7-11)10-20-18-9-13(3)12(2)8-17(18)19/h6-9,20H,10,19H2,1-5H3. The van der Waals surface area contributed by atoms with Crippen molar-refractivity contribution in [2.75, 3.05) is 11.1 Å². The third-order valence-corrected chi connectivity index (χ3v) is 3.96. The normalized spacial score (nSPS) is 10.7. The van der Waals surface area contributed by atoms with E-state index in [2.05, 4.69) is 58.1 Å². The Morgan fingerprint density at radius 2 is 1.35 bits per heavy atom. The zero-order chi connectivity index (χ0) is 14.9. The van der Waals surface area contributed by atoms with Gasteiger partial charge in [0.25, 0.3) is 0 Å². The molecule has 20 heavy (non-hydrogen) atoms. The fourth-order valence-electron chi connectivity index (χ4n) is 2.66. The number of benzene rings is 2. The third-order valence-electron chi connectivity index (χ3n) is 3.96. The molecule has 0 radical (unpaired) electrons. The number of nitrogens with two attached hydrogens (primary N) is 1. The number of anilines is 2. The summed E-state index contributed by atoms with van der Waals surface area (Å²) in [5, 5.41) is 3.47. The average molecular weight is 268 g/mol. The lowest BCUT2D eigenvalue weighted by Crippen LogP contribution is -2.06. The van der Waals surface area contributed by atoms with Crippen molar-refractivity contribution in [2.45, 2.75) is 41.2 Å². The summed E-state index contributed by atoms with van der Waals surface area (Å²) >= 11 is 0. The van der Waals surface area contributed by atoms with E-state index in [0.717, 1.165) is 17.9 Å². The van der Waals surface area contributed by atoms with Crippen LogP contribution in [0.1, 0.15) is 33.4 Å². The van der Waals surface area contributed by atoms with Crippen LogP contribution < -0.4 is 11.1 Å². The molecule has 2 rings (SSSR count). The maximum absolute atomic E-state index is 6.09. The summed E-state index contributed by atoms with van der Waals surface area (Å²) in [7, 11) is 0. The van der Waals surface area contributed by atoms with Gasteiger partial charge in [-0.25, -0.2) is 0 Å². The van der Waals surface area contributed by atoms with Crippen LogP contribution >= 0.6 is 0 Å². The quantitative estimate of drug-likeness (QED) is 0.808. The summed E-state index contributed by atoms with van der Waals surface area (Å²) in [5.41, 5.74) is 15.8. The van der Waals surface area contributed by atoms with Gasteiger partial charge in [-0.1, -0.05) is 17.7 Å². The van der Waals surface area contributed by atoms with Gasteiger partial charge in [-0.3, -0.25) is 0 Å². The lowest BCUT2D eigenvalue weighted by atomic mass is 9.99. The van der Waals surface area contributed by atoms with Crippen LogP contribution in [0.4, 0.5) is 11.4 Å². The van der Waals surface area contributed by atoms with Crippen molar-refractivity contribution in [2.24, 2.45) is 0 Å². The predicted molar refractivity (Wildman–Crippen MR) is 88.3 cm³/mol. The molecule has 106 valence electrons. The van der Waals surface area contributed by atoms with Crippen molar-refractivity contribution >= 4 is 11.4 Å². The van der Waals surface area contributed by atoms with E-state index in [4.69, 9.17) is 5.73 Å². The van der Waals surface area contributed by atoms with E-state index < -0.39 is 0 Å². The van der Waals surface area contributed by atoms with Gasteiger partial charge in [-0.2, -0.15) is 0 Å². The Labute approximate surface area is 122 Å². The van der Waals surface area contributed by atoms with E-state index in [9.17, 15) is 0 Å². The van der Waals surface area contributed by atoms with E-state index in [-0.39, 0.29) is 0 Å². The fraction of sp³-hybridized carbons (Fsp3) is 0.333. The van der Waals surface area contributed by atoms with Crippen molar-refractivity contribution in [3.05, 3.63) is 57.6 Å². The number of nitrogen functional groups attached to an aromatic ring is 1. The monoisotopic (exact) mass is 268 g/mol. The van der Waals surface area contributed by atoms with Crippen molar-refractivity contribution < 1.29 is 0 Å². The maximum atomic E-state index is 6.09. The maximum Gasteiger partial charge on any atom is 0.0579 e. The Bertz CT molecular complexity index is 619. The van der Waals surface area contributed by atoms with Gasteiger partial charge in [0.05, 0.1) is 11.4 Å². The first-order valence-corrected chi connectivity index (χ1v) is 7.06. The molecule has 0 unspecified atom stereocenters. The van der Waals surface area contributed by atoms with Crippen LogP contribution in [0.3, 0.4) is 0 Å². The first-order chi connectivity index (χ1) is 9.38. The number of rotatable bonds is 3. The first kappa shape index (κ1) is 14.4. The summed E-state index contributed by atoms with van der Waals surface area (Å²) in [6, 6.07) is 8.62. The largest absolute Gasteiger partial charge is 0.397 e. The van der Waals surface area contributed by atoms with Gasteiger partial charge in [-0.15, -0.1) is 0 Å². The van der Waals surface area contributed by atoms with Gasteiger partial charge in [0.2, 0.25) is 0 Å². The lowest BCUT2D eigenvalue weighted by molar-refractivity contribution is 1.08. The second-order valence-corrected chi connectivity index (χ2v) is 5.75. The van der Waals surface area contributed by atoms with Gasteiger partial charge < -0.3 is 11.1 Å². The molecule has 0 spiro atoms.